The van der Waals surface area contributed by atoms with Crippen molar-refractivity contribution in [2.45, 2.75) is 5.16 Å². The predicted octanol–water partition coefficient (Wildman–Crippen LogP) is 3.12. The van der Waals surface area contributed by atoms with Crippen LogP contribution in [-0.2, 0) is 0 Å². The quantitative estimate of drug-likeness (QED) is 0.574. The number of H-pyrrole nitrogens is 1. The van der Waals surface area contributed by atoms with Crippen LogP contribution in [0.5, 0.6) is 0 Å². The summed E-state index contributed by atoms with van der Waals surface area (Å²) in [5.74, 6) is -1.57. The molecule has 0 saturated heterocycles. The van der Waals surface area contributed by atoms with Gasteiger partial charge in [-0.05, 0) is 24.3 Å². The van der Waals surface area contributed by atoms with E-state index in [-0.39, 0.29) is 11.3 Å². The molecule has 0 saturated carbocycles. The Hall–Kier alpha value is -2.61. The fourth-order valence-corrected chi connectivity index (χ4v) is 2.55. The summed E-state index contributed by atoms with van der Waals surface area (Å²) in [4.78, 5) is 20.2. The van der Waals surface area contributed by atoms with Gasteiger partial charge in [-0.1, -0.05) is 11.8 Å². The van der Waals surface area contributed by atoms with Gasteiger partial charge in [-0.25, -0.2) is 13.8 Å². The minimum Gasteiger partial charge on any atom is -0.293 e. The van der Waals surface area contributed by atoms with Crippen LogP contribution in [0.25, 0.3) is 11.4 Å². The summed E-state index contributed by atoms with van der Waals surface area (Å²) < 4.78 is 26.4. The van der Waals surface area contributed by atoms with Crippen molar-refractivity contribution in [3.8, 4) is 11.4 Å². The second kappa shape index (κ2) is 6.66. The summed E-state index contributed by atoms with van der Waals surface area (Å²) in [6.07, 6.45) is 3.28. The molecule has 0 aliphatic rings. The van der Waals surface area contributed by atoms with Crippen LogP contribution in [0.15, 0.2) is 47.9 Å². The van der Waals surface area contributed by atoms with Crippen molar-refractivity contribution in [3.63, 3.8) is 0 Å². The normalized spacial score (nSPS) is 10.7. The zero-order valence-electron chi connectivity index (χ0n) is 11.7. The lowest BCUT2D eigenvalue weighted by Gasteiger charge is -2.01. The molecule has 1 N–H and O–H groups in total. The van der Waals surface area contributed by atoms with Crippen LogP contribution in [0.3, 0.4) is 0 Å². The molecule has 0 spiro atoms. The highest BCUT2D eigenvalue weighted by atomic mass is 32.2. The summed E-state index contributed by atoms with van der Waals surface area (Å²) >= 11 is 1.07. The number of hydrogen-bond donors (Lipinski definition) is 1. The fraction of sp³-hybridized carbons (Fsp3) is 0.0667. The number of halogens is 2. The minimum atomic E-state index is -0.873. The number of aromatic nitrogens is 4. The van der Waals surface area contributed by atoms with E-state index in [0.29, 0.717) is 17.0 Å². The third-order valence-electron chi connectivity index (χ3n) is 2.96. The van der Waals surface area contributed by atoms with E-state index in [2.05, 4.69) is 20.2 Å². The number of thioether (sulfide) groups is 1. The summed E-state index contributed by atoms with van der Waals surface area (Å²) in [6.45, 7) is 0. The van der Waals surface area contributed by atoms with Crippen LogP contribution >= 0.6 is 11.8 Å². The van der Waals surface area contributed by atoms with Gasteiger partial charge < -0.3 is 0 Å². The summed E-state index contributed by atoms with van der Waals surface area (Å²) in [5.41, 5.74) is 0.615. The van der Waals surface area contributed by atoms with Crippen molar-refractivity contribution in [3.05, 3.63) is 59.9 Å². The topological polar surface area (TPSA) is 71.5 Å². The van der Waals surface area contributed by atoms with Gasteiger partial charge in [0.25, 0.3) is 0 Å². The standard InChI is InChI=1S/C15H10F2N4OS/c16-10-3-4-11(12(17)6-10)13(22)8-23-15-19-14(20-21-15)9-2-1-5-18-7-9/h1-7H,8H2,(H,19,20,21). The van der Waals surface area contributed by atoms with Gasteiger partial charge in [-0.3, -0.25) is 14.9 Å². The Labute approximate surface area is 134 Å². The van der Waals surface area contributed by atoms with Gasteiger partial charge in [0.2, 0.25) is 5.16 Å². The van der Waals surface area contributed by atoms with E-state index in [9.17, 15) is 13.6 Å². The van der Waals surface area contributed by atoms with Gasteiger partial charge in [0.1, 0.15) is 11.6 Å². The SMILES string of the molecule is O=C(CSc1n[nH]c(-c2cccnc2)n1)c1ccc(F)cc1F. The summed E-state index contributed by atoms with van der Waals surface area (Å²) in [7, 11) is 0. The number of rotatable bonds is 5. The molecule has 0 amide bonds. The molecule has 2 aromatic heterocycles. The minimum absolute atomic E-state index is 0.0487. The number of carbonyl (C=O) groups is 1. The maximum Gasteiger partial charge on any atom is 0.209 e. The number of ketones is 1. The number of Topliss-reactive ketones (excluding diaryl/α,β-unsaturated/α-hetero) is 1. The van der Waals surface area contributed by atoms with E-state index >= 15 is 0 Å². The van der Waals surface area contributed by atoms with Crippen LogP contribution in [0, 0.1) is 11.6 Å². The molecule has 0 radical (unpaired) electrons. The van der Waals surface area contributed by atoms with Crippen molar-refractivity contribution >= 4 is 17.5 Å². The zero-order valence-corrected chi connectivity index (χ0v) is 12.5. The monoisotopic (exact) mass is 332 g/mol. The first-order valence-corrected chi connectivity index (χ1v) is 7.56. The van der Waals surface area contributed by atoms with Gasteiger partial charge in [-0.15, -0.1) is 5.10 Å². The van der Waals surface area contributed by atoms with Crippen molar-refractivity contribution in [2.24, 2.45) is 0 Å². The smallest absolute Gasteiger partial charge is 0.209 e. The Bertz CT molecular complexity index is 839. The molecule has 0 aliphatic heterocycles. The van der Waals surface area contributed by atoms with Crippen molar-refractivity contribution < 1.29 is 13.6 Å². The van der Waals surface area contributed by atoms with Gasteiger partial charge >= 0.3 is 0 Å². The molecule has 3 aromatic rings. The molecule has 1 aromatic carbocycles. The number of nitrogens with zero attached hydrogens (tertiary/aromatic N) is 3. The van der Waals surface area contributed by atoms with Gasteiger partial charge in [-0.2, -0.15) is 0 Å². The Morgan fingerprint density at radius 1 is 1.26 bits per heavy atom. The molecule has 0 atom stereocenters. The maximum absolute atomic E-state index is 13.5. The third-order valence-corrected chi connectivity index (χ3v) is 3.81. The van der Waals surface area contributed by atoms with Gasteiger partial charge in [0.15, 0.2) is 11.6 Å². The molecule has 23 heavy (non-hydrogen) atoms. The second-order valence-electron chi connectivity index (χ2n) is 4.54. The van der Waals surface area contributed by atoms with Crippen LogP contribution in [0.4, 0.5) is 8.78 Å². The number of aromatic amines is 1. The van der Waals surface area contributed by atoms with Crippen molar-refractivity contribution in [1.82, 2.24) is 20.2 Å². The fourth-order valence-electron chi connectivity index (χ4n) is 1.87. The molecule has 0 aliphatic carbocycles. The van der Waals surface area contributed by atoms with Crippen molar-refractivity contribution in [1.29, 1.82) is 0 Å². The first-order valence-electron chi connectivity index (χ1n) is 6.57. The number of carbonyl (C=O) groups excluding carboxylic acids is 1. The molecular weight excluding hydrogens is 322 g/mol. The molecule has 8 heteroatoms. The van der Waals surface area contributed by atoms with E-state index in [1.807, 2.05) is 6.07 Å². The lowest BCUT2D eigenvalue weighted by atomic mass is 10.1. The molecule has 3 rings (SSSR count). The molecule has 0 unspecified atom stereocenters. The van der Waals surface area contributed by atoms with E-state index in [4.69, 9.17) is 0 Å². The predicted molar refractivity (Wildman–Crippen MR) is 81.0 cm³/mol. The molecular formula is C15H10F2N4OS. The molecule has 0 fully saturated rings. The van der Waals surface area contributed by atoms with Crippen LogP contribution in [0.1, 0.15) is 10.4 Å². The maximum atomic E-state index is 13.5. The first kappa shape index (κ1) is 15.3. The largest absolute Gasteiger partial charge is 0.293 e. The van der Waals surface area contributed by atoms with Crippen LogP contribution < -0.4 is 0 Å². The Morgan fingerprint density at radius 3 is 2.87 bits per heavy atom. The molecule has 5 nitrogen and oxygen atoms in total. The number of hydrogen-bond acceptors (Lipinski definition) is 5. The van der Waals surface area contributed by atoms with E-state index in [0.717, 1.165) is 29.5 Å². The molecule has 0 bridgehead atoms. The number of nitrogens with one attached hydrogen (secondary N) is 1. The first-order chi connectivity index (χ1) is 11.1. The average molecular weight is 332 g/mol. The Morgan fingerprint density at radius 2 is 2.13 bits per heavy atom. The van der Waals surface area contributed by atoms with Crippen molar-refractivity contribution in [2.75, 3.05) is 5.75 Å². The second-order valence-corrected chi connectivity index (χ2v) is 5.49. The average Bonchev–Trinajstić information content (AvgIpc) is 3.02. The molecule has 2 heterocycles. The highest BCUT2D eigenvalue weighted by Crippen LogP contribution is 2.20. The summed E-state index contributed by atoms with van der Waals surface area (Å²) in [5, 5.41) is 7.10. The van der Waals surface area contributed by atoms with E-state index in [1.54, 1.807) is 18.5 Å². The highest BCUT2D eigenvalue weighted by molar-refractivity contribution is 7.99. The zero-order chi connectivity index (χ0) is 16.2. The summed E-state index contributed by atoms with van der Waals surface area (Å²) in [6, 6.07) is 6.46. The lowest BCUT2D eigenvalue weighted by Crippen LogP contribution is -2.05. The lowest BCUT2D eigenvalue weighted by molar-refractivity contribution is 0.101. The van der Waals surface area contributed by atoms with Gasteiger partial charge in [0.05, 0.1) is 11.3 Å². The molecule has 116 valence electrons. The van der Waals surface area contributed by atoms with Gasteiger partial charge in [0, 0.05) is 24.0 Å². The highest BCUT2D eigenvalue weighted by Gasteiger charge is 2.14. The third kappa shape index (κ3) is 3.59. The van der Waals surface area contributed by atoms with E-state index < -0.39 is 17.4 Å². The van der Waals surface area contributed by atoms with E-state index in [1.165, 1.54) is 0 Å². The number of benzene rings is 1. The van der Waals surface area contributed by atoms with Crippen LogP contribution in [-0.4, -0.2) is 31.7 Å². The Balaban J connectivity index is 1.67. The number of pyridine rings is 1. The Kier molecular flexibility index (Phi) is 4.42. The van der Waals surface area contributed by atoms with Crippen LogP contribution in [0.2, 0.25) is 0 Å².